The molecule has 3 aromatic carbocycles. The fourth-order valence-corrected chi connectivity index (χ4v) is 4.68. The summed E-state index contributed by atoms with van der Waals surface area (Å²) < 4.78 is 0. The summed E-state index contributed by atoms with van der Waals surface area (Å²) in [5.41, 5.74) is 0.609. The molecule has 0 spiro atoms. The number of hydrogen-bond donors (Lipinski definition) is 2. The van der Waals surface area contributed by atoms with E-state index in [4.69, 9.17) is 11.6 Å². The lowest BCUT2D eigenvalue weighted by Gasteiger charge is -2.24. The van der Waals surface area contributed by atoms with E-state index in [-0.39, 0.29) is 11.8 Å². The number of amides is 2. The van der Waals surface area contributed by atoms with Crippen LogP contribution in [0.5, 0.6) is 0 Å². The van der Waals surface area contributed by atoms with Crippen molar-refractivity contribution < 1.29 is 9.59 Å². The van der Waals surface area contributed by atoms with E-state index in [1.807, 2.05) is 113 Å². The van der Waals surface area contributed by atoms with Crippen LogP contribution in [-0.4, -0.2) is 74.0 Å². The summed E-state index contributed by atoms with van der Waals surface area (Å²) in [6.07, 6.45) is 8.15. The molecule has 6 nitrogen and oxygen atoms in total. The van der Waals surface area contributed by atoms with Crippen LogP contribution in [0.15, 0.2) is 85.5 Å². The summed E-state index contributed by atoms with van der Waals surface area (Å²) in [5, 5.41) is 8.63. The highest BCUT2D eigenvalue weighted by Gasteiger charge is 2.10. The van der Waals surface area contributed by atoms with Crippen LogP contribution in [0.3, 0.4) is 0 Å². The quantitative estimate of drug-likeness (QED) is 0.156. The molecule has 0 aliphatic carbocycles. The van der Waals surface area contributed by atoms with Gasteiger partial charge >= 0.3 is 0 Å². The van der Waals surface area contributed by atoms with Gasteiger partial charge in [-0.3, -0.25) is 9.59 Å². The van der Waals surface area contributed by atoms with Crippen molar-refractivity contribution in [3.05, 3.63) is 96.0 Å². The van der Waals surface area contributed by atoms with Crippen molar-refractivity contribution in [2.24, 2.45) is 0 Å². The molecule has 0 radical (unpaired) electrons. The lowest BCUT2D eigenvalue weighted by atomic mass is 10.1. The monoisotopic (exact) mass is 682 g/mol. The van der Waals surface area contributed by atoms with Gasteiger partial charge in [0, 0.05) is 36.8 Å². The van der Waals surface area contributed by atoms with Crippen LogP contribution < -0.4 is 10.6 Å². The van der Waals surface area contributed by atoms with Crippen LogP contribution in [0.25, 0.3) is 10.8 Å². The first kappa shape index (κ1) is 46.9. The van der Waals surface area contributed by atoms with E-state index in [9.17, 15) is 9.59 Å². The number of hydrogen-bond acceptors (Lipinski definition) is 4. The molecule has 1 aliphatic rings. The Kier molecular flexibility index (Phi) is 32.9. The van der Waals surface area contributed by atoms with Crippen LogP contribution in [-0.2, 0) is 4.79 Å². The lowest BCUT2D eigenvalue weighted by molar-refractivity contribution is -0.130. The van der Waals surface area contributed by atoms with Crippen molar-refractivity contribution in [3.63, 3.8) is 0 Å². The zero-order valence-electron chi connectivity index (χ0n) is 31.5. The maximum absolute atomic E-state index is 12.3. The van der Waals surface area contributed by atoms with Crippen molar-refractivity contribution >= 4 is 34.2 Å². The van der Waals surface area contributed by atoms with Gasteiger partial charge in [-0.25, -0.2) is 0 Å². The second-order valence-corrected chi connectivity index (χ2v) is 11.0. The first-order valence-corrected chi connectivity index (χ1v) is 18.5. The van der Waals surface area contributed by atoms with Crippen LogP contribution in [0.2, 0.25) is 5.02 Å². The van der Waals surface area contributed by atoms with Gasteiger partial charge < -0.3 is 20.4 Å². The molecule has 270 valence electrons. The first-order chi connectivity index (χ1) is 23.4. The molecule has 1 saturated heterocycles. The summed E-state index contributed by atoms with van der Waals surface area (Å²) in [7, 11) is 0. The third-order valence-electron chi connectivity index (χ3n) is 7.01. The SMILES string of the molecule is C=CC.CC.CC.CCCCN(CC)C(=O)CNCCNC(=O)c1ccc2cc(Cl)ccc2c1.CCN1CCCCC1.c1ccccc1. The molecule has 1 heterocycles. The normalized spacial score (nSPS) is 11.5. The first-order valence-electron chi connectivity index (χ1n) is 18.1. The third kappa shape index (κ3) is 23.2. The minimum atomic E-state index is -0.127. The predicted molar refractivity (Wildman–Crippen MR) is 212 cm³/mol. The van der Waals surface area contributed by atoms with Gasteiger partial charge in [0.25, 0.3) is 5.91 Å². The largest absolute Gasteiger partial charge is 0.351 e. The number of nitrogens with one attached hydrogen (secondary N) is 2. The number of nitrogens with zero attached hydrogens (tertiary/aromatic N) is 2. The van der Waals surface area contributed by atoms with Gasteiger partial charge in [0.05, 0.1) is 6.54 Å². The standard InChI is InChI=1S/C21H28ClN3O2.C7H15N.C6H6.C3H6.2C2H6/c1-3-5-12-25(4-2)20(26)15-23-10-11-24-21(27)18-7-6-17-14-19(22)9-8-16(17)13-18;1-2-8-6-4-3-5-7-8;1-2-4-6-5-3-1;1-3-2;2*1-2/h6-9,13-14,23H,3-5,10-12,15H2,1-2H3,(H,24,27);2-7H2,1H3;1-6H;3H,1H2,2H3;2*1-2H3. The minimum absolute atomic E-state index is 0.102. The molecule has 7 heteroatoms. The minimum Gasteiger partial charge on any atom is -0.351 e. The van der Waals surface area contributed by atoms with Gasteiger partial charge in [-0.1, -0.05) is 121 Å². The van der Waals surface area contributed by atoms with Crippen LogP contribution in [0.1, 0.15) is 97.9 Å². The average Bonchev–Trinajstić information content (AvgIpc) is 3.15. The van der Waals surface area contributed by atoms with E-state index < -0.39 is 0 Å². The van der Waals surface area contributed by atoms with Crippen molar-refractivity contribution in [1.82, 2.24) is 20.4 Å². The fourth-order valence-electron chi connectivity index (χ4n) is 4.50. The number of benzene rings is 3. The summed E-state index contributed by atoms with van der Waals surface area (Å²) in [4.78, 5) is 28.8. The maximum Gasteiger partial charge on any atom is 0.251 e. The Bertz CT molecular complexity index is 1160. The molecule has 0 unspecified atom stereocenters. The van der Waals surface area contributed by atoms with Gasteiger partial charge in [0.1, 0.15) is 0 Å². The zero-order chi connectivity index (χ0) is 36.4. The lowest BCUT2D eigenvalue weighted by Crippen LogP contribution is -2.41. The van der Waals surface area contributed by atoms with E-state index in [1.54, 1.807) is 12.1 Å². The van der Waals surface area contributed by atoms with Gasteiger partial charge in [0.2, 0.25) is 5.91 Å². The fraction of sp³-hybridized carbons (Fsp3) is 0.512. The number of likely N-dealkylation sites (N-methyl/N-ethyl adjacent to an activating group) is 1. The molecule has 1 aliphatic heterocycles. The molecule has 2 amide bonds. The molecule has 0 saturated carbocycles. The van der Waals surface area contributed by atoms with Gasteiger partial charge in [0.15, 0.2) is 0 Å². The molecular formula is C41H67ClN4O2. The van der Waals surface area contributed by atoms with Crippen molar-refractivity contribution in [1.29, 1.82) is 0 Å². The van der Waals surface area contributed by atoms with Gasteiger partial charge in [-0.15, -0.1) is 6.58 Å². The summed E-state index contributed by atoms with van der Waals surface area (Å²) in [6, 6.07) is 23.1. The molecule has 48 heavy (non-hydrogen) atoms. The van der Waals surface area contributed by atoms with Crippen LogP contribution >= 0.6 is 11.6 Å². The molecule has 3 aromatic rings. The van der Waals surface area contributed by atoms with E-state index in [2.05, 4.69) is 36.0 Å². The molecule has 0 bridgehead atoms. The summed E-state index contributed by atoms with van der Waals surface area (Å²) >= 11 is 5.98. The van der Waals surface area contributed by atoms with Crippen LogP contribution in [0, 0.1) is 0 Å². The number of carbonyl (C=O) groups excluding carboxylic acids is 2. The van der Waals surface area contributed by atoms with E-state index in [1.165, 1.54) is 38.9 Å². The number of fused-ring (bicyclic) bond motifs is 1. The van der Waals surface area contributed by atoms with Crippen LogP contribution in [0.4, 0.5) is 0 Å². The molecule has 2 N–H and O–H groups in total. The molecule has 0 atom stereocenters. The topological polar surface area (TPSA) is 64.7 Å². The Labute approximate surface area is 299 Å². The van der Waals surface area contributed by atoms with Crippen molar-refractivity contribution in [3.8, 4) is 0 Å². The third-order valence-corrected chi connectivity index (χ3v) is 7.24. The van der Waals surface area contributed by atoms with Gasteiger partial charge in [-0.2, -0.15) is 0 Å². The molecule has 1 fully saturated rings. The molecule has 0 aromatic heterocycles. The van der Waals surface area contributed by atoms with Crippen molar-refractivity contribution in [2.45, 2.75) is 87.5 Å². The highest BCUT2D eigenvalue weighted by molar-refractivity contribution is 6.31. The number of halogens is 1. The number of likely N-dealkylation sites (tertiary alicyclic amines) is 1. The predicted octanol–water partition coefficient (Wildman–Crippen LogP) is 9.88. The Hall–Kier alpha value is -3.19. The second kappa shape index (κ2) is 33.7. The summed E-state index contributed by atoms with van der Waals surface area (Å²) in [6.45, 7) is 26.4. The highest BCUT2D eigenvalue weighted by atomic mass is 35.5. The molecular weight excluding hydrogens is 616 g/mol. The van der Waals surface area contributed by atoms with E-state index in [0.29, 0.717) is 30.2 Å². The number of carbonyl (C=O) groups is 2. The number of rotatable bonds is 11. The average molecular weight is 683 g/mol. The Morgan fingerprint density at radius 2 is 1.40 bits per heavy atom. The number of piperidine rings is 1. The Morgan fingerprint density at radius 3 is 1.90 bits per heavy atom. The zero-order valence-corrected chi connectivity index (χ0v) is 32.2. The Morgan fingerprint density at radius 1 is 0.854 bits per heavy atom. The second-order valence-electron chi connectivity index (χ2n) is 10.5. The molecule has 4 rings (SSSR count). The summed E-state index contributed by atoms with van der Waals surface area (Å²) in [5.74, 6) is -0.0245. The van der Waals surface area contributed by atoms with Crippen molar-refractivity contribution in [2.75, 3.05) is 52.4 Å². The Balaban J connectivity index is 0. The maximum atomic E-state index is 12.3. The smallest absolute Gasteiger partial charge is 0.251 e. The van der Waals surface area contributed by atoms with E-state index >= 15 is 0 Å². The van der Waals surface area contributed by atoms with Gasteiger partial charge in [-0.05, 0) is 87.8 Å². The number of allylic oxidation sites excluding steroid dienone is 1. The number of unbranched alkanes of at least 4 members (excludes halogenated alkanes) is 1. The van der Waals surface area contributed by atoms with E-state index in [0.717, 1.165) is 36.7 Å². The highest BCUT2D eigenvalue weighted by Crippen LogP contribution is 2.20.